The highest BCUT2D eigenvalue weighted by Crippen LogP contribution is 2.20. The molecule has 2 heterocycles. The van der Waals surface area contributed by atoms with Gasteiger partial charge in [-0.15, -0.1) is 0 Å². The molecule has 2 N–H and O–H groups in total. The number of aliphatic carboxylic acids is 2. The molecule has 144 valence electrons. The lowest BCUT2D eigenvalue weighted by Crippen LogP contribution is -1.93. The molecule has 0 saturated heterocycles. The number of aromatic nitrogens is 4. The van der Waals surface area contributed by atoms with E-state index in [0.717, 1.165) is 28.0 Å². The van der Waals surface area contributed by atoms with Gasteiger partial charge in [0.05, 0.1) is 11.8 Å². The summed E-state index contributed by atoms with van der Waals surface area (Å²) in [4.78, 5) is 32.3. The van der Waals surface area contributed by atoms with Gasteiger partial charge in [0, 0.05) is 47.4 Å². The van der Waals surface area contributed by atoms with Crippen LogP contribution >= 0.6 is 0 Å². The summed E-state index contributed by atoms with van der Waals surface area (Å²) < 4.78 is 1.96. The summed E-state index contributed by atoms with van der Waals surface area (Å²) in [5.74, 6) is -1.77. The van der Waals surface area contributed by atoms with E-state index < -0.39 is 11.9 Å². The molecule has 0 aliphatic rings. The predicted octanol–water partition coefficient (Wildman–Crippen LogP) is 3.19. The number of carbonyl (C=O) groups is 2. The van der Waals surface area contributed by atoms with Crippen molar-refractivity contribution in [3.63, 3.8) is 0 Å². The van der Waals surface area contributed by atoms with E-state index in [-0.39, 0.29) is 0 Å². The molecule has 0 amide bonds. The van der Waals surface area contributed by atoms with Crippen LogP contribution in [0.1, 0.15) is 0 Å². The maximum atomic E-state index is 9.55. The van der Waals surface area contributed by atoms with Crippen LogP contribution in [-0.4, -0.2) is 41.7 Å². The topological polar surface area (TPSA) is 118 Å². The molecule has 0 aliphatic heterocycles. The van der Waals surface area contributed by atoms with Gasteiger partial charge >= 0.3 is 11.9 Å². The smallest absolute Gasteiger partial charge is 0.328 e. The number of hydrogen-bond donors (Lipinski definition) is 2. The molecule has 8 heteroatoms. The Labute approximate surface area is 165 Å². The zero-order valence-corrected chi connectivity index (χ0v) is 15.1. The average Bonchev–Trinajstić information content (AvgIpc) is 3.27. The first-order valence-electron chi connectivity index (χ1n) is 8.47. The normalized spacial score (nSPS) is 10.5. The molecular formula is C21H16N4O4. The maximum Gasteiger partial charge on any atom is 0.328 e. The highest BCUT2D eigenvalue weighted by molar-refractivity contribution is 5.89. The summed E-state index contributed by atoms with van der Waals surface area (Å²) in [6.45, 7) is 0. The fraction of sp³-hybridized carbons (Fsp3) is 0. The van der Waals surface area contributed by atoms with Crippen molar-refractivity contribution in [1.82, 2.24) is 19.5 Å². The Bertz CT molecular complexity index is 1140. The van der Waals surface area contributed by atoms with E-state index in [1.807, 2.05) is 59.4 Å². The molecule has 2 aromatic carbocycles. The summed E-state index contributed by atoms with van der Waals surface area (Å²) in [7, 11) is 0. The number of carboxylic acid groups (broad SMARTS) is 2. The van der Waals surface area contributed by atoms with Crippen molar-refractivity contribution >= 4 is 22.8 Å². The molecule has 0 fully saturated rings. The Morgan fingerprint density at radius 1 is 0.966 bits per heavy atom. The number of carboxylic acids is 2. The molecule has 4 rings (SSSR count). The lowest BCUT2D eigenvalue weighted by molar-refractivity contribution is -0.134. The van der Waals surface area contributed by atoms with Gasteiger partial charge in [-0.1, -0.05) is 30.3 Å². The number of nitrogens with zero attached hydrogens (tertiary/aromatic N) is 4. The lowest BCUT2D eigenvalue weighted by Gasteiger charge is -2.05. The highest BCUT2D eigenvalue weighted by Gasteiger charge is 2.04. The second-order valence-electron chi connectivity index (χ2n) is 5.78. The van der Waals surface area contributed by atoms with Gasteiger partial charge in [0.1, 0.15) is 0 Å². The summed E-state index contributed by atoms with van der Waals surface area (Å²) in [5, 5.41) is 16.6. The summed E-state index contributed by atoms with van der Waals surface area (Å²) >= 11 is 0. The molecular weight excluding hydrogens is 372 g/mol. The van der Waals surface area contributed by atoms with Crippen LogP contribution in [0, 0.1) is 0 Å². The summed E-state index contributed by atoms with van der Waals surface area (Å²) in [6.07, 6.45) is 8.44. The van der Waals surface area contributed by atoms with Crippen molar-refractivity contribution < 1.29 is 19.8 Å². The maximum absolute atomic E-state index is 9.55. The zero-order valence-electron chi connectivity index (χ0n) is 15.1. The molecule has 0 atom stereocenters. The van der Waals surface area contributed by atoms with Gasteiger partial charge in [-0.3, -0.25) is 0 Å². The minimum Gasteiger partial charge on any atom is -0.478 e. The van der Waals surface area contributed by atoms with Crippen LogP contribution in [0.3, 0.4) is 0 Å². The van der Waals surface area contributed by atoms with Crippen LogP contribution in [0.2, 0.25) is 0 Å². The van der Waals surface area contributed by atoms with Crippen molar-refractivity contribution in [1.29, 1.82) is 0 Å². The zero-order chi connectivity index (χ0) is 20.6. The Morgan fingerprint density at radius 3 is 2.31 bits per heavy atom. The standard InChI is InChI=1S/C17H12N4.C4H4O4/c1-2-4-13(5-3-1)17-19-11-14-10-15(6-7-16(14)20-17)21-9-8-18-12-21;5-3(6)1-2-4(7)8/h1-12H;1-2H,(H,5,6)(H,7,8). The third-order valence-corrected chi connectivity index (χ3v) is 3.77. The molecule has 4 aromatic rings. The Morgan fingerprint density at radius 2 is 1.69 bits per heavy atom. The highest BCUT2D eigenvalue weighted by atomic mass is 16.4. The first-order valence-corrected chi connectivity index (χ1v) is 8.47. The number of hydrogen-bond acceptors (Lipinski definition) is 5. The number of benzene rings is 2. The summed E-state index contributed by atoms with van der Waals surface area (Å²) in [5.41, 5.74) is 3.02. The van der Waals surface area contributed by atoms with Crippen molar-refractivity contribution in [3.05, 3.63) is 85.6 Å². The van der Waals surface area contributed by atoms with Gasteiger partial charge < -0.3 is 14.8 Å². The van der Waals surface area contributed by atoms with E-state index >= 15 is 0 Å². The van der Waals surface area contributed by atoms with Crippen molar-refractivity contribution in [2.45, 2.75) is 0 Å². The van der Waals surface area contributed by atoms with Crippen LogP contribution < -0.4 is 0 Å². The Hall–Kier alpha value is -4.33. The van der Waals surface area contributed by atoms with Crippen molar-refractivity contribution in [2.24, 2.45) is 0 Å². The van der Waals surface area contributed by atoms with Gasteiger partial charge in [-0.25, -0.2) is 24.5 Å². The van der Waals surface area contributed by atoms with E-state index in [9.17, 15) is 9.59 Å². The Balaban J connectivity index is 0.000000258. The minimum absolute atomic E-state index is 0.558. The van der Waals surface area contributed by atoms with Crippen LogP contribution in [0.15, 0.2) is 85.6 Å². The van der Waals surface area contributed by atoms with E-state index in [2.05, 4.69) is 21.0 Å². The monoisotopic (exact) mass is 388 g/mol. The van der Waals surface area contributed by atoms with Crippen LogP contribution in [0.25, 0.3) is 28.0 Å². The van der Waals surface area contributed by atoms with E-state index in [1.165, 1.54) is 0 Å². The molecule has 0 spiro atoms. The fourth-order valence-electron chi connectivity index (χ4n) is 2.46. The summed E-state index contributed by atoms with van der Waals surface area (Å²) in [6, 6.07) is 16.1. The van der Waals surface area contributed by atoms with E-state index in [4.69, 9.17) is 10.2 Å². The third-order valence-electron chi connectivity index (χ3n) is 3.77. The SMILES string of the molecule is O=C(O)C=CC(=O)O.c1ccc(-c2ncc3cc(-n4ccnc4)ccc3n2)cc1. The molecule has 8 nitrogen and oxygen atoms in total. The second-order valence-corrected chi connectivity index (χ2v) is 5.78. The molecule has 2 aromatic heterocycles. The van der Waals surface area contributed by atoms with Gasteiger partial charge in [-0.2, -0.15) is 0 Å². The van der Waals surface area contributed by atoms with Crippen LogP contribution in [-0.2, 0) is 9.59 Å². The van der Waals surface area contributed by atoms with Crippen molar-refractivity contribution in [2.75, 3.05) is 0 Å². The first-order chi connectivity index (χ1) is 14.0. The van der Waals surface area contributed by atoms with Gasteiger partial charge in [-0.05, 0) is 18.2 Å². The first kappa shape index (κ1) is 19.4. The van der Waals surface area contributed by atoms with E-state index in [0.29, 0.717) is 12.2 Å². The average molecular weight is 388 g/mol. The minimum atomic E-state index is -1.26. The number of rotatable bonds is 4. The molecule has 0 saturated carbocycles. The molecule has 0 radical (unpaired) electrons. The molecule has 0 aliphatic carbocycles. The number of imidazole rings is 1. The van der Waals surface area contributed by atoms with Crippen LogP contribution in [0.5, 0.6) is 0 Å². The largest absolute Gasteiger partial charge is 0.478 e. The van der Waals surface area contributed by atoms with Crippen LogP contribution in [0.4, 0.5) is 0 Å². The quantitative estimate of drug-likeness (QED) is 0.515. The van der Waals surface area contributed by atoms with Gasteiger partial charge in [0.2, 0.25) is 0 Å². The van der Waals surface area contributed by atoms with E-state index in [1.54, 1.807) is 12.5 Å². The Kier molecular flexibility index (Phi) is 6.06. The molecule has 29 heavy (non-hydrogen) atoms. The third kappa shape index (κ3) is 5.33. The molecule has 0 bridgehead atoms. The van der Waals surface area contributed by atoms with Crippen molar-refractivity contribution in [3.8, 4) is 17.1 Å². The molecule has 0 unspecified atom stereocenters. The fourth-order valence-corrected chi connectivity index (χ4v) is 2.46. The second kappa shape index (κ2) is 9.05. The van der Waals surface area contributed by atoms with Gasteiger partial charge in [0.15, 0.2) is 5.82 Å². The predicted molar refractivity (Wildman–Crippen MR) is 107 cm³/mol. The van der Waals surface area contributed by atoms with Gasteiger partial charge in [0.25, 0.3) is 0 Å². The number of fused-ring (bicyclic) bond motifs is 1. The lowest BCUT2D eigenvalue weighted by atomic mass is 10.2.